The maximum atomic E-state index is 12.5. The van der Waals surface area contributed by atoms with E-state index in [1.54, 1.807) is 11.0 Å². The number of carbonyl (C=O) groups is 1. The van der Waals surface area contributed by atoms with Gasteiger partial charge in [0.1, 0.15) is 10.9 Å². The highest BCUT2D eigenvalue weighted by Gasteiger charge is 2.31. The van der Waals surface area contributed by atoms with Gasteiger partial charge in [-0.25, -0.2) is 0 Å². The lowest BCUT2D eigenvalue weighted by Crippen LogP contribution is -2.27. The third kappa shape index (κ3) is 5.28. The first-order valence-corrected chi connectivity index (χ1v) is 10.6. The van der Waals surface area contributed by atoms with Crippen LogP contribution in [0.15, 0.2) is 60.0 Å². The Kier molecular flexibility index (Phi) is 7.12. The minimum Gasteiger partial charge on any atom is -0.490 e. The predicted molar refractivity (Wildman–Crippen MR) is 123 cm³/mol. The van der Waals surface area contributed by atoms with Crippen LogP contribution in [0.25, 0.3) is 6.08 Å². The monoisotopic (exact) mass is 425 g/mol. The van der Waals surface area contributed by atoms with E-state index in [4.69, 9.17) is 21.7 Å². The second kappa shape index (κ2) is 9.76. The number of rotatable bonds is 8. The quantitative estimate of drug-likeness (QED) is 0.323. The van der Waals surface area contributed by atoms with Crippen LogP contribution in [0.4, 0.5) is 0 Å². The topological polar surface area (TPSA) is 38.8 Å². The fraction of sp³-hybridized carbons (Fsp3) is 0.217. The van der Waals surface area contributed by atoms with Gasteiger partial charge in [-0.1, -0.05) is 66.0 Å². The van der Waals surface area contributed by atoms with Crippen molar-refractivity contribution >= 4 is 40.3 Å². The van der Waals surface area contributed by atoms with Crippen LogP contribution < -0.4 is 9.47 Å². The Bertz CT molecular complexity index is 968. The number of aryl methyl sites for hydroxylation is 1. The summed E-state index contributed by atoms with van der Waals surface area (Å²) in [6.07, 6.45) is 3.50. The van der Waals surface area contributed by atoms with Gasteiger partial charge in [-0.05, 0) is 43.2 Å². The van der Waals surface area contributed by atoms with Gasteiger partial charge < -0.3 is 9.47 Å². The number of ether oxygens (including phenoxy) is 2. The van der Waals surface area contributed by atoms with E-state index in [9.17, 15) is 4.79 Å². The molecule has 0 bridgehead atoms. The molecule has 150 valence electrons. The summed E-state index contributed by atoms with van der Waals surface area (Å²) in [6.45, 7) is 9.05. The van der Waals surface area contributed by atoms with E-state index in [0.717, 1.165) is 11.1 Å². The highest BCUT2D eigenvalue weighted by atomic mass is 32.2. The Balaban J connectivity index is 1.79. The maximum Gasteiger partial charge on any atom is 0.266 e. The number of benzene rings is 2. The fourth-order valence-electron chi connectivity index (χ4n) is 2.90. The van der Waals surface area contributed by atoms with E-state index in [2.05, 4.69) is 25.6 Å². The maximum absolute atomic E-state index is 12.5. The third-order valence-electron chi connectivity index (χ3n) is 4.23. The second-order valence-electron chi connectivity index (χ2n) is 6.50. The van der Waals surface area contributed by atoms with Gasteiger partial charge in [0, 0.05) is 6.54 Å². The van der Waals surface area contributed by atoms with Gasteiger partial charge in [-0.2, -0.15) is 0 Å². The first-order valence-electron chi connectivity index (χ1n) is 9.33. The zero-order chi connectivity index (χ0) is 20.8. The van der Waals surface area contributed by atoms with Crippen LogP contribution in [0, 0.1) is 6.92 Å². The summed E-state index contributed by atoms with van der Waals surface area (Å²) >= 11 is 6.59. The van der Waals surface area contributed by atoms with Gasteiger partial charge >= 0.3 is 0 Å². The number of amides is 1. The lowest BCUT2D eigenvalue weighted by molar-refractivity contribution is -0.121. The molecule has 0 atom stereocenters. The third-order valence-corrected chi connectivity index (χ3v) is 5.61. The Hall–Kier alpha value is -2.57. The standard InChI is InChI=1S/C23H23NO3S2/c1-4-11-24-22(25)21(29-23(24)28)14-17-9-10-19(20(13-17)26-5-2)27-15-18-8-6-7-16(3)12-18/h4,6-10,12-14H,1,5,11,15H2,2-3H3/b21-14+. The largest absolute Gasteiger partial charge is 0.490 e. The van der Waals surface area contributed by atoms with Crippen molar-refractivity contribution in [1.82, 2.24) is 4.90 Å². The molecule has 0 unspecified atom stereocenters. The van der Waals surface area contributed by atoms with Crippen molar-refractivity contribution in [2.75, 3.05) is 13.2 Å². The fourth-order valence-corrected chi connectivity index (χ4v) is 4.18. The number of nitrogens with zero attached hydrogens (tertiary/aromatic N) is 1. The highest BCUT2D eigenvalue weighted by molar-refractivity contribution is 8.26. The van der Waals surface area contributed by atoms with Crippen LogP contribution in [0.1, 0.15) is 23.6 Å². The summed E-state index contributed by atoms with van der Waals surface area (Å²) in [4.78, 5) is 14.7. The molecule has 1 saturated heterocycles. The molecule has 0 spiro atoms. The van der Waals surface area contributed by atoms with Crippen LogP contribution in [-0.2, 0) is 11.4 Å². The van der Waals surface area contributed by atoms with Crippen molar-refractivity contribution in [2.24, 2.45) is 0 Å². The molecular weight excluding hydrogens is 402 g/mol. The Morgan fingerprint density at radius 1 is 1.17 bits per heavy atom. The minimum absolute atomic E-state index is 0.0994. The average Bonchev–Trinajstić information content (AvgIpc) is 2.95. The second-order valence-corrected chi connectivity index (χ2v) is 8.17. The van der Waals surface area contributed by atoms with Crippen molar-refractivity contribution in [2.45, 2.75) is 20.5 Å². The Morgan fingerprint density at radius 2 is 2.00 bits per heavy atom. The number of carbonyl (C=O) groups excluding carboxylic acids is 1. The first-order chi connectivity index (χ1) is 14.0. The summed E-state index contributed by atoms with van der Waals surface area (Å²) in [5, 5.41) is 0. The number of thiocarbonyl (C=S) groups is 1. The molecule has 0 saturated carbocycles. The van der Waals surface area contributed by atoms with Crippen molar-refractivity contribution in [3.8, 4) is 11.5 Å². The molecule has 2 aromatic rings. The summed E-state index contributed by atoms with van der Waals surface area (Å²) < 4.78 is 12.3. The van der Waals surface area contributed by atoms with Gasteiger partial charge in [-0.15, -0.1) is 6.58 Å². The van der Waals surface area contributed by atoms with E-state index in [1.807, 2.05) is 43.3 Å². The molecule has 1 heterocycles. The van der Waals surface area contributed by atoms with Crippen LogP contribution in [0.5, 0.6) is 11.5 Å². The van der Waals surface area contributed by atoms with Crippen LogP contribution in [-0.4, -0.2) is 28.3 Å². The average molecular weight is 426 g/mol. The van der Waals surface area contributed by atoms with Gasteiger partial charge in [0.15, 0.2) is 11.5 Å². The van der Waals surface area contributed by atoms with E-state index in [1.165, 1.54) is 17.3 Å². The normalized spacial score (nSPS) is 15.1. The molecule has 2 aromatic carbocycles. The molecule has 6 heteroatoms. The van der Waals surface area contributed by atoms with Gasteiger partial charge in [0.05, 0.1) is 11.5 Å². The molecule has 1 aliphatic heterocycles. The van der Waals surface area contributed by atoms with Gasteiger partial charge in [0.2, 0.25) is 0 Å². The predicted octanol–water partition coefficient (Wildman–Crippen LogP) is 5.36. The zero-order valence-corrected chi connectivity index (χ0v) is 18.1. The summed E-state index contributed by atoms with van der Waals surface area (Å²) in [6, 6.07) is 13.9. The SMILES string of the molecule is C=CCN1C(=O)/C(=C\c2ccc(OCc3cccc(C)c3)c(OCC)c2)SC1=S. The molecule has 4 nitrogen and oxygen atoms in total. The molecule has 1 amide bonds. The van der Waals surface area contributed by atoms with E-state index >= 15 is 0 Å². The van der Waals surface area contributed by atoms with Crippen molar-refractivity contribution < 1.29 is 14.3 Å². The van der Waals surface area contributed by atoms with E-state index < -0.39 is 0 Å². The highest BCUT2D eigenvalue weighted by Crippen LogP contribution is 2.35. The van der Waals surface area contributed by atoms with Crippen LogP contribution in [0.2, 0.25) is 0 Å². The van der Waals surface area contributed by atoms with Gasteiger partial charge in [-0.3, -0.25) is 9.69 Å². The Labute approximate surface area is 181 Å². The van der Waals surface area contributed by atoms with Crippen molar-refractivity contribution in [3.63, 3.8) is 0 Å². The number of thioether (sulfide) groups is 1. The van der Waals surface area contributed by atoms with Crippen LogP contribution in [0.3, 0.4) is 0 Å². The minimum atomic E-state index is -0.0994. The molecule has 29 heavy (non-hydrogen) atoms. The van der Waals surface area contributed by atoms with Crippen LogP contribution >= 0.6 is 24.0 Å². The van der Waals surface area contributed by atoms with E-state index in [0.29, 0.717) is 40.5 Å². The molecule has 3 rings (SSSR count). The summed E-state index contributed by atoms with van der Waals surface area (Å²) in [5.74, 6) is 1.22. The van der Waals surface area contributed by atoms with Crippen molar-refractivity contribution in [3.05, 3.63) is 76.7 Å². The molecule has 0 N–H and O–H groups in total. The zero-order valence-electron chi connectivity index (χ0n) is 16.5. The van der Waals surface area contributed by atoms with Crippen molar-refractivity contribution in [1.29, 1.82) is 0 Å². The molecule has 0 aliphatic carbocycles. The molecule has 1 fully saturated rings. The smallest absolute Gasteiger partial charge is 0.266 e. The molecular formula is C23H23NO3S2. The molecule has 0 radical (unpaired) electrons. The molecule has 0 aromatic heterocycles. The van der Waals surface area contributed by atoms with Gasteiger partial charge in [0.25, 0.3) is 5.91 Å². The number of hydrogen-bond donors (Lipinski definition) is 0. The molecule has 1 aliphatic rings. The lowest BCUT2D eigenvalue weighted by Gasteiger charge is -2.13. The summed E-state index contributed by atoms with van der Waals surface area (Å²) in [7, 11) is 0. The Morgan fingerprint density at radius 3 is 2.72 bits per heavy atom. The first kappa shape index (κ1) is 21.1. The lowest BCUT2D eigenvalue weighted by atomic mass is 10.1. The van der Waals surface area contributed by atoms with E-state index in [-0.39, 0.29) is 5.91 Å². The number of hydrogen-bond acceptors (Lipinski definition) is 5. The summed E-state index contributed by atoms with van der Waals surface area (Å²) in [5.41, 5.74) is 3.15.